The van der Waals surface area contributed by atoms with E-state index in [1.54, 1.807) is 60.1 Å². The van der Waals surface area contributed by atoms with Crippen LogP contribution < -0.4 is 4.74 Å². The van der Waals surface area contributed by atoms with Crippen LogP contribution in [0.4, 0.5) is 26.3 Å². The van der Waals surface area contributed by atoms with Crippen LogP contribution in [0, 0.1) is 133 Å². The number of thiophene rings is 1. The van der Waals surface area contributed by atoms with Crippen LogP contribution in [0.1, 0.15) is 80.6 Å². The van der Waals surface area contributed by atoms with E-state index < -0.39 is 34.9 Å². The largest absolute Gasteiger partial charge is 0.512 e. The van der Waals surface area contributed by atoms with Crippen molar-refractivity contribution in [2.24, 2.45) is 0 Å². The van der Waals surface area contributed by atoms with E-state index >= 15 is 0 Å². The molecule has 0 unspecified atom stereocenters. The summed E-state index contributed by atoms with van der Waals surface area (Å²) in [5.74, 6) is -0.795. The fraction of sp³-hybridized carbons (Fsp3) is 0.119. The van der Waals surface area contributed by atoms with Crippen molar-refractivity contribution in [1.82, 2.24) is 48.6 Å². The van der Waals surface area contributed by atoms with Gasteiger partial charge in [-0.15, -0.1) is 193 Å². The predicted octanol–water partition coefficient (Wildman–Crippen LogP) is 29.2. The molecule has 8 heterocycles. The predicted molar refractivity (Wildman–Crippen MR) is 544 cm³/mol. The summed E-state index contributed by atoms with van der Waals surface area (Å²) in [6, 6.07) is 86.0. The Labute approximate surface area is 905 Å². The second kappa shape index (κ2) is 59.7. The summed E-state index contributed by atoms with van der Waals surface area (Å²) in [5, 5.41) is 9.52. The van der Waals surface area contributed by atoms with Crippen LogP contribution in [-0.2, 0) is 131 Å². The number of carbonyl (C=O) groups is 1. The third-order valence-electron chi connectivity index (χ3n) is 20.6. The fourth-order valence-corrected chi connectivity index (χ4v) is 16.1. The zero-order chi connectivity index (χ0) is 98.7. The molecule has 0 saturated carbocycles. The van der Waals surface area contributed by atoms with Crippen LogP contribution in [0.5, 0.6) is 5.75 Å². The van der Waals surface area contributed by atoms with E-state index in [1.165, 1.54) is 121 Å². The Bertz CT molecular complexity index is 7150. The van der Waals surface area contributed by atoms with E-state index in [-0.39, 0.29) is 129 Å². The van der Waals surface area contributed by atoms with Crippen molar-refractivity contribution in [3.05, 3.63) is 500 Å². The molecule has 0 bridgehead atoms. The van der Waals surface area contributed by atoms with Crippen LogP contribution in [0.3, 0.4) is 0 Å². The van der Waals surface area contributed by atoms with Gasteiger partial charge in [0.1, 0.15) is 5.75 Å². The van der Waals surface area contributed by atoms with Crippen molar-refractivity contribution in [3.63, 3.8) is 0 Å². The summed E-state index contributed by atoms with van der Waals surface area (Å²) in [4.78, 5) is 41.2. The molecule has 0 aliphatic rings. The average molecular weight is 2810 g/mol. The molecular formula is C118H101F6Ir5N10O3S-7. The third kappa shape index (κ3) is 34.3. The Morgan fingerprint density at radius 2 is 0.811 bits per heavy atom. The number of hydrogen-bond acceptors (Lipinski definition) is 11. The van der Waals surface area contributed by atoms with Gasteiger partial charge in [0.05, 0.1) is 29.5 Å². The quantitative estimate of drug-likeness (QED) is 0.0242. The summed E-state index contributed by atoms with van der Waals surface area (Å²) in [7, 11) is 0. The fourth-order valence-electron chi connectivity index (χ4n) is 15.1. The van der Waals surface area contributed by atoms with Gasteiger partial charge in [0.25, 0.3) is 0 Å². The molecule has 8 aromatic heterocycles. The first-order valence-corrected chi connectivity index (χ1v) is 44.7. The Hall–Kier alpha value is -13.1. The van der Waals surface area contributed by atoms with Crippen LogP contribution in [0.2, 0.25) is 0 Å². The number of aromatic nitrogens is 10. The molecule has 0 aliphatic heterocycles. The maximum absolute atomic E-state index is 13.5. The molecule has 25 heteroatoms. The zero-order valence-electron chi connectivity index (χ0n) is 80.0. The number of benzene rings is 10. The molecule has 0 amide bonds. The molecule has 0 aliphatic carbocycles. The summed E-state index contributed by atoms with van der Waals surface area (Å²) in [5.41, 5.74) is 24.1. The minimum Gasteiger partial charge on any atom is -0.512 e. The van der Waals surface area contributed by atoms with E-state index in [0.29, 0.717) is 29.3 Å². The molecule has 10 aromatic carbocycles. The van der Waals surface area contributed by atoms with Gasteiger partial charge in [-0.05, 0) is 196 Å². The number of carbonyl (C=O) groups excluding carboxylic acids is 1. The molecule has 0 saturated heterocycles. The Balaban J connectivity index is 0.000000252. The van der Waals surface area contributed by atoms with Crippen LogP contribution in [-0.4, -0.2) is 59.5 Å². The van der Waals surface area contributed by atoms with E-state index in [2.05, 4.69) is 252 Å². The number of allylic oxidation sites excluding steroid dienone is 6. The molecule has 741 valence electrons. The number of ketones is 1. The monoisotopic (exact) mass is 2820 g/mol. The molecule has 0 spiro atoms. The van der Waals surface area contributed by atoms with E-state index in [0.717, 1.165) is 111 Å². The summed E-state index contributed by atoms with van der Waals surface area (Å²) in [6.07, 6.45) is 31.4. The van der Waals surface area contributed by atoms with Crippen molar-refractivity contribution < 1.29 is 142 Å². The van der Waals surface area contributed by atoms with Crippen molar-refractivity contribution >= 4 is 27.2 Å². The van der Waals surface area contributed by atoms with Gasteiger partial charge in [0.15, 0.2) is 5.78 Å². The Morgan fingerprint density at radius 3 is 1.24 bits per heavy atom. The zero-order valence-corrected chi connectivity index (χ0v) is 92.8. The number of aliphatic hydroxyl groups is 1. The summed E-state index contributed by atoms with van der Waals surface area (Å²) in [6.45, 7) is 38.4. The number of aliphatic hydroxyl groups excluding tert-OH is 1. The molecule has 18 rings (SSSR count). The first-order chi connectivity index (χ1) is 66.6. The topological polar surface area (TPSA) is 152 Å². The average Bonchev–Trinajstić information content (AvgIpc) is 1.62. The molecule has 1 N–H and O–H groups in total. The van der Waals surface area contributed by atoms with Gasteiger partial charge in [-0.3, -0.25) is 46.1 Å². The number of nitrogens with zero attached hydrogens (tertiary/aromatic N) is 10. The van der Waals surface area contributed by atoms with Crippen LogP contribution in [0.15, 0.2) is 356 Å². The molecule has 0 fully saturated rings. The Kier molecular flexibility index (Phi) is 49.6. The number of aryl methyl sites for hydroxylation is 8. The van der Waals surface area contributed by atoms with E-state index in [4.69, 9.17) is 9.84 Å². The Morgan fingerprint density at radius 1 is 0.392 bits per heavy atom. The van der Waals surface area contributed by atoms with E-state index in [1.807, 2.05) is 134 Å². The first kappa shape index (κ1) is 119. The summed E-state index contributed by atoms with van der Waals surface area (Å²) < 4.78 is 90.9. The molecule has 5 radical (unpaired) electrons. The van der Waals surface area contributed by atoms with Crippen LogP contribution >= 0.6 is 11.3 Å². The third-order valence-corrected chi connectivity index (χ3v) is 21.7. The molecular weight excluding hydrogens is 2710 g/mol. The SMILES string of the molecule is C=CCc1cc(C)c(-n2ccnc2-c2[c-]cccc2)c(C)c1.C=CCc1cc[c-]c(-c2nccn2-c2c(C)cc(C)cc2C)c1.C=CCc1ccc(-c2[c-]cc(F)cc2F)nc1.C=CCc1ccnc(-c2[c-]c3ccccc3s2)c1.C=COc1ccnc(-c2[c-]cc(F)cc2F)c1.CC(=O)C=C(C)O.Cc1cc(C)c(-n2ccnc2-c2[c-]cccc2)c(C)c1.Fc1c[c-]c(-c2ccccn2)c(F)c1.[Ir].[Ir].[Ir].[Ir].[Ir]. The van der Waals surface area contributed by atoms with Gasteiger partial charge in [-0.2, -0.15) is 0 Å². The smallest absolute Gasteiger partial charge is 0.155 e. The number of halogens is 6. The minimum atomic E-state index is -0.715. The first-order valence-electron chi connectivity index (χ1n) is 43.8. The summed E-state index contributed by atoms with van der Waals surface area (Å²) >= 11 is 1.73. The van der Waals surface area contributed by atoms with Gasteiger partial charge in [-0.1, -0.05) is 156 Å². The van der Waals surface area contributed by atoms with Crippen LogP contribution in [0.25, 0.3) is 106 Å². The van der Waals surface area contributed by atoms with Crippen molar-refractivity contribution in [2.45, 2.75) is 94.9 Å². The van der Waals surface area contributed by atoms with Gasteiger partial charge in [0.2, 0.25) is 0 Å². The number of hydrogen-bond donors (Lipinski definition) is 1. The normalized spacial score (nSPS) is 10.2. The van der Waals surface area contributed by atoms with Crippen molar-refractivity contribution in [2.75, 3.05) is 0 Å². The second-order valence-electron chi connectivity index (χ2n) is 31.6. The number of imidazole rings is 3. The molecule has 0 atom stereocenters. The number of rotatable bonds is 21. The van der Waals surface area contributed by atoms with Gasteiger partial charge >= 0.3 is 0 Å². The maximum Gasteiger partial charge on any atom is 0.155 e. The number of pyridine rings is 4. The standard InChI is InChI=1S/C21H21N2.C20H19N2.C18H17N2.C16H12NS.C14H10F2N.C13H8F2NO.C11H6F2N.C5H8O2.5Ir/c1-5-7-18-8-6-9-19(14-18)21-22-10-11-23(21)20-16(3)12-15(2)13-17(20)4;1-4-8-17-13-15(2)19(16(3)14-17)22-12-11-21-20(22)18-9-6-5-7-10-18;1-13-11-14(2)17(15(3)12-13)20-10-9-19-18(20)16-7-5-4-6-8-16;1-2-5-12-8-9-17-14(10-12)16-11-13-6-3-4-7-15(13)18-16;1-2-3-10-4-7-14(17-9-10)12-6-5-11(15)8-13(12)16;1-2-17-10-5-6-16-13(8-10)11-4-3-9(14)7-12(11)15;12-8-4-5-9(10(13)7-8)11-3-1-2-6-14-11;1-4(6)3-5(2)7;;;;;/h5-6,8,10-14H,1,7H2,2-4H3;4-7,9,11-14H,1,8H2,2-3H3;4-7,9-12H,1-3H3;2-4,6-10H,1,5H2;2,4-5,7-9H,1,3H2;2-3,5-8H,1H2;1-4,6-7H;3,6H,1-2H3;;;;;/q7*-1;;;;;;. The maximum atomic E-state index is 13.5. The van der Waals surface area contributed by atoms with Crippen molar-refractivity contribution in [1.29, 1.82) is 0 Å². The number of fused-ring (bicyclic) bond motifs is 1. The van der Waals surface area contributed by atoms with Gasteiger partial charge in [-0.25, -0.2) is 11.3 Å². The van der Waals surface area contributed by atoms with Gasteiger partial charge in [0, 0.05) is 226 Å². The minimum absolute atomic E-state index is 0. The molecule has 18 aromatic rings. The van der Waals surface area contributed by atoms with Gasteiger partial charge < -0.3 is 43.5 Å². The molecule has 143 heavy (non-hydrogen) atoms. The van der Waals surface area contributed by atoms with E-state index in [9.17, 15) is 31.1 Å². The van der Waals surface area contributed by atoms with Crippen molar-refractivity contribution in [3.8, 4) is 101 Å². The number of ether oxygens (including phenoxy) is 1. The molecule has 13 nitrogen and oxygen atoms in total. The second-order valence-corrected chi connectivity index (χ2v) is 32.7.